The molecule has 0 fully saturated rings. The topological polar surface area (TPSA) is 47.8 Å². The summed E-state index contributed by atoms with van der Waals surface area (Å²) in [6.45, 7) is 0. The number of carbonyl (C=O) groups excluding carboxylic acids is 1. The van der Waals surface area contributed by atoms with Crippen molar-refractivity contribution in [1.82, 2.24) is 15.0 Å². The van der Waals surface area contributed by atoms with Crippen LogP contribution < -0.4 is 0 Å². The van der Waals surface area contributed by atoms with Crippen molar-refractivity contribution in [3.63, 3.8) is 0 Å². The van der Waals surface area contributed by atoms with Crippen molar-refractivity contribution >= 4 is 17.4 Å². The van der Waals surface area contributed by atoms with Gasteiger partial charge in [-0.25, -0.2) is 4.39 Å². The molecule has 0 spiro atoms. The first-order chi connectivity index (χ1) is 8.06. The van der Waals surface area contributed by atoms with Crippen LogP contribution in [0.25, 0.3) is 0 Å². The molecule has 0 radical (unpaired) electrons. The largest absolute Gasteiger partial charge is 0.294 e. The van der Waals surface area contributed by atoms with Gasteiger partial charge in [-0.05, 0) is 18.2 Å². The summed E-state index contributed by atoms with van der Waals surface area (Å²) in [5.74, 6) is -0.950. The fourth-order valence-electron chi connectivity index (χ4n) is 1.45. The van der Waals surface area contributed by atoms with E-state index in [9.17, 15) is 9.18 Å². The van der Waals surface area contributed by atoms with Crippen LogP contribution >= 0.6 is 11.6 Å². The van der Waals surface area contributed by atoms with Crippen LogP contribution in [0, 0.1) is 5.82 Å². The summed E-state index contributed by atoms with van der Waals surface area (Å²) in [6, 6.07) is 3.89. The first kappa shape index (κ1) is 11.7. The molecule has 2 aromatic rings. The Morgan fingerprint density at radius 2 is 2.29 bits per heavy atom. The van der Waals surface area contributed by atoms with Gasteiger partial charge in [0.25, 0.3) is 0 Å². The fraction of sp³-hybridized carbons (Fsp3) is 0.182. The Labute approximate surface area is 102 Å². The Morgan fingerprint density at radius 3 is 2.94 bits per heavy atom. The number of aromatic nitrogens is 3. The number of rotatable bonds is 3. The molecule has 0 amide bonds. The Bertz CT molecular complexity index is 568. The van der Waals surface area contributed by atoms with Crippen molar-refractivity contribution in [2.24, 2.45) is 7.05 Å². The van der Waals surface area contributed by atoms with Crippen molar-refractivity contribution in [3.05, 3.63) is 46.5 Å². The lowest BCUT2D eigenvalue weighted by atomic mass is 10.1. The second-order valence-electron chi connectivity index (χ2n) is 3.61. The van der Waals surface area contributed by atoms with E-state index in [1.807, 2.05) is 0 Å². The molecule has 0 aliphatic rings. The lowest BCUT2D eigenvalue weighted by molar-refractivity contribution is 0.0988. The molecule has 88 valence electrons. The van der Waals surface area contributed by atoms with E-state index < -0.39 is 5.82 Å². The van der Waals surface area contributed by atoms with Gasteiger partial charge in [-0.3, -0.25) is 9.48 Å². The normalized spacial score (nSPS) is 10.5. The van der Waals surface area contributed by atoms with Gasteiger partial charge < -0.3 is 0 Å². The molecule has 6 heteroatoms. The molecule has 1 aromatic carbocycles. The molecule has 2 rings (SSSR count). The smallest absolute Gasteiger partial charge is 0.171 e. The van der Waals surface area contributed by atoms with Gasteiger partial charge >= 0.3 is 0 Å². The second-order valence-corrected chi connectivity index (χ2v) is 4.04. The molecular weight excluding hydrogens is 245 g/mol. The average Bonchev–Trinajstić information content (AvgIpc) is 2.67. The summed E-state index contributed by atoms with van der Waals surface area (Å²) in [5, 5.41) is 7.80. The molecule has 0 aliphatic heterocycles. The van der Waals surface area contributed by atoms with Gasteiger partial charge in [0.15, 0.2) is 5.78 Å². The SMILES string of the molecule is Cn1cc(CC(=O)c2cc(Cl)ccc2F)nn1. The zero-order chi connectivity index (χ0) is 12.4. The highest BCUT2D eigenvalue weighted by atomic mass is 35.5. The molecular formula is C11H9ClFN3O. The summed E-state index contributed by atoms with van der Waals surface area (Å²) in [5.41, 5.74) is 0.472. The lowest BCUT2D eigenvalue weighted by Crippen LogP contribution is -2.06. The third-order valence-corrected chi connectivity index (χ3v) is 2.46. The number of hydrogen-bond acceptors (Lipinski definition) is 3. The maximum absolute atomic E-state index is 13.4. The predicted octanol–water partition coefficient (Wildman–Crippen LogP) is 2.03. The van der Waals surface area contributed by atoms with Crippen LogP contribution in [-0.4, -0.2) is 20.8 Å². The van der Waals surface area contributed by atoms with E-state index in [4.69, 9.17) is 11.6 Å². The number of halogens is 2. The highest BCUT2D eigenvalue weighted by molar-refractivity contribution is 6.31. The van der Waals surface area contributed by atoms with E-state index in [0.717, 1.165) is 0 Å². The first-order valence-electron chi connectivity index (χ1n) is 4.89. The van der Waals surface area contributed by atoms with E-state index in [1.54, 1.807) is 13.2 Å². The number of carbonyl (C=O) groups is 1. The fourth-order valence-corrected chi connectivity index (χ4v) is 1.62. The maximum atomic E-state index is 13.4. The van der Waals surface area contributed by atoms with Crippen LogP contribution in [0.5, 0.6) is 0 Å². The Kier molecular flexibility index (Phi) is 3.19. The predicted molar refractivity (Wildman–Crippen MR) is 60.4 cm³/mol. The van der Waals surface area contributed by atoms with E-state index in [-0.39, 0.29) is 17.8 Å². The van der Waals surface area contributed by atoms with Gasteiger partial charge in [0.05, 0.1) is 17.7 Å². The molecule has 4 nitrogen and oxygen atoms in total. The minimum absolute atomic E-state index is 0.00506. The molecule has 0 saturated heterocycles. The van der Waals surface area contributed by atoms with Crippen molar-refractivity contribution < 1.29 is 9.18 Å². The Hall–Kier alpha value is -1.75. The van der Waals surface area contributed by atoms with E-state index >= 15 is 0 Å². The molecule has 0 unspecified atom stereocenters. The lowest BCUT2D eigenvalue weighted by Gasteiger charge is -2.01. The minimum atomic E-state index is -0.580. The van der Waals surface area contributed by atoms with E-state index in [2.05, 4.69) is 10.3 Å². The first-order valence-corrected chi connectivity index (χ1v) is 5.27. The van der Waals surface area contributed by atoms with Crippen LogP contribution in [0.4, 0.5) is 4.39 Å². The summed E-state index contributed by atoms with van der Waals surface area (Å²) in [4.78, 5) is 11.8. The third-order valence-electron chi connectivity index (χ3n) is 2.22. The highest BCUT2D eigenvalue weighted by Gasteiger charge is 2.14. The third kappa shape index (κ3) is 2.68. The Balaban J connectivity index is 2.22. The van der Waals surface area contributed by atoms with Crippen molar-refractivity contribution in [2.75, 3.05) is 0 Å². The molecule has 17 heavy (non-hydrogen) atoms. The van der Waals surface area contributed by atoms with Gasteiger partial charge in [-0.15, -0.1) is 5.10 Å². The minimum Gasteiger partial charge on any atom is -0.294 e. The monoisotopic (exact) mass is 253 g/mol. The zero-order valence-electron chi connectivity index (χ0n) is 9.02. The zero-order valence-corrected chi connectivity index (χ0v) is 9.78. The van der Waals surface area contributed by atoms with Gasteiger partial charge in [0.1, 0.15) is 5.82 Å². The van der Waals surface area contributed by atoms with Gasteiger partial charge in [-0.1, -0.05) is 16.8 Å². The highest BCUT2D eigenvalue weighted by Crippen LogP contribution is 2.16. The summed E-state index contributed by atoms with van der Waals surface area (Å²) >= 11 is 5.72. The van der Waals surface area contributed by atoms with Crippen molar-refractivity contribution in [1.29, 1.82) is 0 Å². The number of benzene rings is 1. The van der Waals surface area contributed by atoms with Crippen LogP contribution in [-0.2, 0) is 13.5 Å². The standard InChI is InChI=1S/C11H9ClFN3O/c1-16-6-8(14-15-16)5-11(17)9-4-7(12)2-3-10(9)13/h2-4,6H,5H2,1H3. The molecule has 1 aromatic heterocycles. The second kappa shape index (κ2) is 4.63. The molecule has 1 heterocycles. The molecule has 0 atom stereocenters. The van der Waals surface area contributed by atoms with Gasteiger partial charge in [0, 0.05) is 18.3 Å². The maximum Gasteiger partial charge on any atom is 0.171 e. The average molecular weight is 254 g/mol. The number of nitrogens with zero attached hydrogens (tertiary/aromatic N) is 3. The van der Waals surface area contributed by atoms with Crippen molar-refractivity contribution in [3.8, 4) is 0 Å². The van der Waals surface area contributed by atoms with Crippen molar-refractivity contribution in [2.45, 2.75) is 6.42 Å². The van der Waals surface area contributed by atoms with E-state index in [1.165, 1.54) is 22.9 Å². The van der Waals surface area contributed by atoms with Crippen LogP contribution in [0.1, 0.15) is 16.1 Å². The van der Waals surface area contributed by atoms with Crippen LogP contribution in [0.15, 0.2) is 24.4 Å². The summed E-state index contributed by atoms with van der Waals surface area (Å²) in [7, 11) is 1.70. The van der Waals surface area contributed by atoms with Gasteiger partial charge in [0.2, 0.25) is 0 Å². The van der Waals surface area contributed by atoms with Crippen LogP contribution in [0.2, 0.25) is 5.02 Å². The molecule has 0 saturated carbocycles. The molecule has 0 bridgehead atoms. The quantitative estimate of drug-likeness (QED) is 0.787. The van der Waals surface area contributed by atoms with Gasteiger partial charge in [-0.2, -0.15) is 0 Å². The number of ketones is 1. The number of hydrogen-bond donors (Lipinski definition) is 0. The molecule has 0 N–H and O–H groups in total. The number of aryl methyl sites for hydroxylation is 1. The summed E-state index contributed by atoms with van der Waals surface area (Å²) < 4.78 is 14.9. The van der Waals surface area contributed by atoms with E-state index in [0.29, 0.717) is 10.7 Å². The summed E-state index contributed by atoms with van der Waals surface area (Å²) in [6.07, 6.45) is 1.62. The number of Topliss-reactive ketones (excluding diaryl/α,β-unsaturated/α-hetero) is 1. The molecule has 0 aliphatic carbocycles. The Morgan fingerprint density at radius 1 is 1.53 bits per heavy atom. The van der Waals surface area contributed by atoms with Crippen LogP contribution in [0.3, 0.4) is 0 Å².